The van der Waals surface area contributed by atoms with E-state index >= 15 is 0 Å². The van der Waals surface area contributed by atoms with Gasteiger partial charge in [-0.2, -0.15) is 0 Å². The summed E-state index contributed by atoms with van der Waals surface area (Å²) in [6.45, 7) is 4.48. The topological polar surface area (TPSA) is 92.2 Å². The van der Waals surface area contributed by atoms with E-state index in [0.29, 0.717) is 23.9 Å². The standard InChI is InChI=1S/C17H19N5O2S/c1-3-13-8-14(23)19-16-20-21-17(22(13)16)25-10-15(24)18-9-12-6-4-11(2)5-7-12/h4-8H,3,9-10H2,1-2H3,(H,18,24)(H,19,20,23). The van der Waals surface area contributed by atoms with Gasteiger partial charge in [0.15, 0.2) is 5.16 Å². The van der Waals surface area contributed by atoms with E-state index in [1.165, 1.54) is 23.4 Å². The van der Waals surface area contributed by atoms with Crippen LogP contribution in [-0.2, 0) is 17.8 Å². The molecule has 25 heavy (non-hydrogen) atoms. The maximum absolute atomic E-state index is 12.1. The van der Waals surface area contributed by atoms with Crippen LogP contribution >= 0.6 is 11.8 Å². The first kappa shape index (κ1) is 17.2. The maximum atomic E-state index is 12.1. The number of H-pyrrole nitrogens is 1. The summed E-state index contributed by atoms with van der Waals surface area (Å²) in [5.74, 6) is 0.547. The molecule has 2 N–H and O–H groups in total. The summed E-state index contributed by atoms with van der Waals surface area (Å²) in [5.41, 5.74) is 2.85. The Morgan fingerprint density at radius 3 is 2.76 bits per heavy atom. The van der Waals surface area contributed by atoms with E-state index in [0.717, 1.165) is 11.3 Å². The molecule has 2 aromatic heterocycles. The molecule has 3 aromatic rings. The van der Waals surface area contributed by atoms with Crippen molar-refractivity contribution in [3.63, 3.8) is 0 Å². The van der Waals surface area contributed by atoms with Gasteiger partial charge in [0.1, 0.15) is 0 Å². The van der Waals surface area contributed by atoms with Gasteiger partial charge in [0.25, 0.3) is 5.56 Å². The Labute approximate surface area is 148 Å². The number of amides is 1. The van der Waals surface area contributed by atoms with Crippen LogP contribution in [0.15, 0.2) is 40.3 Å². The second-order valence-electron chi connectivity index (χ2n) is 5.67. The van der Waals surface area contributed by atoms with Crippen molar-refractivity contribution >= 4 is 23.4 Å². The summed E-state index contributed by atoms with van der Waals surface area (Å²) in [6, 6.07) is 9.56. The van der Waals surface area contributed by atoms with E-state index in [1.54, 1.807) is 4.40 Å². The van der Waals surface area contributed by atoms with Gasteiger partial charge in [-0.05, 0) is 18.9 Å². The summed E-state index contributed by atoms with van der Waals surface area (Å²) < 4.78 is 1.78. The number of aromatic amines is 1. The van der Waals surface area contributed by atoms with Crippen LogP contribution in [0.3, 0.4) is 0 Å². The number of benzene rings is 1. The Bertz CT molecular complexity index is 946. The van der Waals surface area contributed by atoms with Crippen LogP contribution in [0.5, 0.6) is 0 Å². The SMILES string of the molecule is CCc1cc(=O)[nH]c2nnc(SCC(=O)NCc3ccc(C)cc3)n12. The van der Waals surface area contributed by atoms with Crippen LogP contribution in [0.2, 0.25) is 0 Å². The Morgan fingerprint density at radius 1 is 1.28 bits per heavy atom. The molecule has 8 heteroatoms. The minimum absolute atomic E-state index is 0.0789. The lowest BCUT2D eigenvalue weighted by atomic mass is 10.1. The lowest BCUT2D eigenvalue weighted by Gasteiger charge is -2.06. The Morgan fingerprint density at radius 2 is 2.04 bits per heavy atom. The smallest absolute Gasteiger partial charge is 0.252 e. The molecule has 3 rings (SSSR count). The molecule has 0 aliphatic carbocycles. The highest BCUT2D eigenvalue weighted by atomic mass is 32.2. The molecule has 130 valence electrons. The van der Waals surface area contributed by atoms with Gasteiger partial charge >= 0.3 is 0 Å². The highest BCUT2D eigenvalue weighted by molar-refractivity contribution is 7.99. The Kier molecular flexibility index (Phi) is 5.18. The van der Waals surface area contributed by atoms with E-state index in [-0.39, 0.29) is 17.2 Å². The molecule has 1 aromatic carbocycles. The minimum Gasteiger partial charge on any atom is -0.351 e. The lowest BCUT2D eigenvalue weighted by Crippen LogP contribution is -2.24. The quantitative estimate of drug-likeness (QED) is 0.655. The van der Waals surface area contributed by atoms with Crippen LogP contribution in [0, 0.1) is 6.92 Å². The summed E-state index contributed by atoms with van der Waals surface area (Å²) in [6.07, 6.45) is 0.672. The first-order valence-electron chi connectivity index (χ1n) is 7.99. The largest absolute Gasteiger partial charge is 0.351 e. The summed E-state index contributed by atoms with van der Waals surface area (Å²) in [5, 5.41) is 11.5. The summed E-state index contributed by atoms with van der Waals surface area (Å²) in [7, 11) is 0. The number of thioether (sulfide) groups is 1. The monoisotopic (exact) mass is 357 g/mol. The van der Waals surface area contributed by atoms with Crippen molar-refractivity contribution in [3.05, 3.63) is 57.5 Å². The van der Waals surface area contributed by atoms with E-state index in [1.807, 2.05) is 38.1 Å². The predicted octanol–water partition coefficient (Wildman–Crippen LogP) is 1.70. The Balaban J connectivity index is 1.63. The molecular weight excluding hydrogens is 338 g/mol. The molecule has 2 heterocycles. The van der Waals surface area contributed by atoms with Crippen LogP contribution in [-0.4, -0.2) is 31.2 Å². The number of nitrogens with one attached hydrogen (secondary N) is 2. The van der Waals surface area contributed by atoms with Gasteiger partial charge in [-0.1, -0.05) is 48.5 Å². The molecule has 0 fully saturated rings. The van der Waals surface area contributed by atoms with Gasteiger partial charge in [0.2, 0.25) is 11.7 Å². The zero-order chi connectivity index (χ0) is 17.8. The highest BCUT2D eigenvalue weighted by Crippen LogP contribution is 2.17. The number of aromatic nitrogens is 4. The van der Waals surface area contributed by atoms with Gasteiger partial charge in [0, 0.05) is 18.3 Å². The van der Waals surface area contributed by atoms with Crippen LogP contribution in [0.4, 0.5) is 0 Å². The van der Waals surface area contributed by atoms with Crippen LogP contribution in [0.1, 0.15) is 23.7 Å². The second-order valence-corrected chi connectivity index (χ2v) is 6.61. The van der Waals surface area contributed by atoms with Gasteiger partial charge in [-0.25, -0.2) is 0 Å². The molecule has 0 aliphatic rings. The summed E-state index contributed by atoms with van der Waals surface area (Å²) in [4.78, 5) is 26.3. The van der Waals surface area contributed by atoms with Crippen LogP contribution < -0.4 is 10.9 Å². The normalized spacial score (nSPS) is 11.0. The van der Waals surface area contributed by atoms with E-state index < -0.39 is 0 Å². The first-order valence-corrected chi connectivity index (χ1v) is 8.97. The molecule has 0 aliphatic heterocycles. The Hall–Kier alpha value is -2.61. The molecule has 0 saturated carbocycles. The number of carbonyl (C=O) groups is 1. The van der Waals surface area contributed by atoms with Crippen LogP contribution in [0.25, 0.3) is 5.78 Å². The molecule has 1 amide bonds. The number of fused-ring (bicyclic) bond motifs is 1. The zero-order valence-corrected chi connectivity index (χ0v) is 14.9. The molecule has 0 radical (unpaired) electrons. The van der Waals surface area contributed by atoms with Crippen molar-refractivity contribution in [1.82, 2.24) is 24.9 Å². The average Bonchev–Trinajstić information content (AvgIpc) is 3.01. The van der Waals surface area contributed by atoms with Gasteiger partial charge in [-0.15, -0.1) is 10.2 Å². The van der Waals surface area contributed by atoms with E-state index in [4.69, 9.17) is 0 Å². The third kappa shape index (κ3) is 4.08. The fourth-order valence-corrected chi connectivity index (χ4v) is 3.21. The second kappa shape index (κ2) is 7.52. The molecule has 0 atom stereocenters. The number of hydrogen-bond donors (Lipinski definition) is 2. The van der Waals surface area contributed by atoms with E-state index in [9.17, 15) is 9.59 Å². The number of aryl methyl sites for hydroxylation is 2. The van der Waals surface area contributed by atoms with Crippen molar-refractivity contribution in [2.75, 3.05) is 5.75 Å². The third-order valence-electron chi connectivity index (χ3n) is 3.76. The highest BCUT2D eigenvalue weighted by Gasteiger charge is 2.12. The maximum Gasteiger partial charge on any atom is 0.252 e. The molecule has 7 nitrogen and oxygen atoms in total. The average molecular weight is 357 g/mol. The van der Waals surface area contributed by atoms with Gasteiger partial charge in [-0.3, -0.25) is 19.0 Å². The zero-order valence-electron chi connectivity index (χ0n) is 14.1. The fourth-order valence-electron chi connectivity index (χ4n) is 2.41. The molecule has 0 unspecified atom stereocenters. The van der Waals surface area contributed by atoms with Crippen molar-refractivity contribution in [2.24, 2.45) is 0 Å². The third-order valence-corrected chi connectivity index (χ3v) is 4.69. The number of carbonyl (C=O) groups excluding carboxylic acids is 1. The number of rotatable bonds is 6. The molecule has 0 saturated heterocycles. The van der Waals surface area contributed by atoms with Crippen molar-refractivity contribution < 1.29 is 4.79 Å². The lowest BCUT2D eigenvalue weighted by molar-refractivity contribution is -0.118. The van der Waals surface area contributed by atoms with Crippen molar-refractivity contribution in [1.29, 1.82) is 0 Å². The minimum atomic E-state index is -0.204. The molecular formula is C17H19N5O2S. The van der Waals surface area contributed by atoms with Gasteiger partial charge in [0.05, 0.1) is 5.75 Å². The first-order chi connectivity index (χ1) is 12.1. The molecule has 0 bridgehead atoms. The number of hydrogen-bond acceptors (Lipinski definition) is 5. The van der Waals surface area contributed by atoms with Crippen molar-refractivity contribution in [2.45, 2.75) is 32.0 Å². The number of nitrogens with zero attached hydrogens (tertiary/aromatic N) is 3. The fraction of sp³-hybridized carbons (Fsp3) is 0.294. The van der Waals surface area contributed by atoms with E-state index in [2.05, 4.69) is 20.5 Å². The van der Waals surface area contributed by atoms with Gasteiger partial charge < -0.3 is 5.32 Å². The summed E-state index contributed by atoms with van der Waals surface area (Å²) >= 11 is 1.29. The van der Waals surface area contributed by atoms with Crippen molar-refractivity contribution in [3.8, 4) is 0 Å². The predicted molar refractivity (Wildman–Crippen MR) is 96.7 cm³/mol. The molecule has 0 spiro atoms.